The molecule has 1 N–H and O–H groups in total. The molecule has 2 aliphatic carbocycles. The maximum atomic E-state index is 13.2. The molecule has 0 amide bonds. The number of carbonyl (C=O) groups excluding carboxylic acids is 2. The number of rotatable bonds is 4. The van der Waals surface area contributed by atoms with Gasteiger partial charge in [0.1, 0.15) is 19.8 Å². The second-order valence-electron chi connectivity index (χ2n) is 6.50. The van der Waals surface area contributed by atoms with Crippen LogP contribution < -0.4 is 4.74 Å². The number of benzene rings is 1. The van der Waals surface area contributed by atoms with Crippen LogP contribution in [0.15, 0.2) is 52.6 Å². The van der Waals surface area contributed by atoms with Crippen molar-refractivity contribution in [1.29, 1.82) is 0 Å². The number of hydrogen-bond donors (Lipinski definition) is 1. The Labute approximate surface area is 182 Å². The molecule has 28 heavy (non-hydrogen) atoms. The fourth-order valence-electron chi connectivity index (χ4n) is 3.69. The molecule has 0 unspecified atom stereocenters. The zero-order valence-electron chi connectivity index (χ0n) is 14.8. The number of phenols is 1. The van der Waals surface area contributed by atoms with Crippen molar-refractivity contribution >= 4 is 58.0 Å². The number of alkyl halides is 2. The van der Waals surface area contributed by atoms with E-state index in [0.29, 0.717) is 17.7 Å². The van der Waals surface area contributed by atoms with Gasteiger partial charge < -0.3 is 9.84 Å². The number of ketones is 2. The molecular formula is C20H16Cl4O4. The molecule has 0 aliphatic heterocycles. The Morgan fingerprint density at radius 2 is 1.89 bits per heavy atom. The van der Waals surface area contributed by atoms with Gasteiger partial charge in [-0.05, 0) is 36.6 Å². The van der Waals surface area contributed by atoms with E-state index in [1.807, 2.05) is 0 Å². The van der Waals surface area contributed by atoms with Gasteiger partial charge in [-0.3, -0.25) is 9.59 Å². The van der Waals surface area contributed by atoms with Crippen LogP contribution in [0.2, 0.25) is 0 Å². The van der Waals surface area contributed by atoms with Gasteiger partial charge in [0, 0.05) is 5.92 Å². The highest BCUT2D eigenvalue weighted by Crippen LogP contribution is 2.59. The molecule has 4 nitrogen and oxygen atoms in total. The molecule has 0 fully saturated rings. The summed E-state index contributed by atoms with van der Waals surface area (Å²) in [7, 11) is 0. The van der Waals surface area contributed by atoms with Crippen molar-refractivity contribution in [2.45, 2.75) is 29.0 Å². The Hall–Kier alpha value is -1.46. The van der Waals surface area contributed by atoms with E-state index in [4.69, 9.17) is 51.1 Å². The Morgan fingerprint density at radius 3 is 2.50 bits per heavy atom. The van der Waals surface area contributed by atoms with Crippen LogP contribution in [0, 0.1) is 0 Å². The Kier molecular flexibility index (Phi) is 5.63. The Morgan fingerprint density at radius 1 is 1.25 bits per heavy atom. The van der Waals surface area contributed by atoms with E-state index in [9.17, 15) is 14.7 Å². The summed E-state index contributed by atoms with van der Waals surface area (Å²) in [5.74, 6) is -2.17. The summed E-state index contributed by atoms with van der Waals surface area (Å²) in [6.45, 7) is 5.87. The summed E-state index contributed by atoms with van der Waals surface area (Å²) in [6.07, 6.45) is 3.23. The van der Waals surface area contributed by atoms with Gasteiger partial charge in [-0.15, -0.1) is 23.2 Å². The number of ether oxygens (including phenoxy) is 1. The molecular weight excluding hydrogens is 446 g/mol. The highest BCUT2D eigenvalue weighted by molar-refractivity contribution is 6.66. The first-order chi connectivity index (χ1) is 13.1. The number of allylic oxidation sites excluding steroid dienone is 5. The van der Waals surface area contributed by atoms with Gasteiger partial charge in [-0.2, -0.15) is 0 Å². The molecule has 0 spiro atoms. The van der Waals surface area contributed by atoms with Gasteiger partial charge in [-0.25, -0.2) is 0 Å². The van der Waals surface area contributed by atoms with Crippen molar-refractivity contribution < 1.29 is 19.4 Å². The molecule has 0 saturated heterocycles. The summed E-state index contributed by atoms with van der Waals surface area (Å²) in [5, 5.41) is 9.15. The monoisotopic (exact) mass is 460 g/mol. The smallest absolute Gasteiger partial charge is 0.199 e. The highest BCUT2D eigenvalue weighted by Gasteiger charge is 2.68. The molecule has 2 aliphatic rings. The number of Topliss-reactive ketones (excluding diaryl/α,β-unsaturated/α-hetero) is 2. The summed E-state index contributed by atoms with van der Waals surface area (Å²) < 4.78 is 5.44. The maximum Gasteiger partial charge on any atom is 0.199 e. The average molecular weight is 462 g/mol. The summed E-state index contributed by atoms with van der Waals surface area (Å²) in [6, 6.07) is 4.56. The lowest BCUT2D eigenvalue weighted by molar-refractivity contribution is -0.127. The third kappa shape index (κ3) is 2.81. The molecule has 148 valence electrons. The molecule has 0 aromatic heterocycles. The van der Waals surface area contributed by atoms with E-state index in [1.54, 1.807) is 31.2 Å². The topological polar surface area (TPSA) is 63.6 Å². The zero-order chi connectivity index (χ0) is 20.9. The van der Waals surface area contributed by atoms with Crippen molar-refractivity contribution in [1.82, 2.24) is 0 Å². The number of carbonyl (C=O) groups is 2. The van der Waals surface area contributed by atoms with Crippen molar-refractivity contribution in [2.75, 3.05) is 6.61 Å². The predicted molar refractivity (Wildman–Crippen MR) is 111 cm³/mol. The molecule has 3 atom stereocenters. The fourth-order valence-corrected chi connectivity index (χ4v) is 5.14. The Bertz CT molecular complexity index is 952. The standard InChI is InChI=1S/C20H16Cl4O4/c1-3-10-7-8-19(23)17(26)15(21)16(22)18(27)20(19,24)14(10)11-5-6-12(25)13(9-11)28-4-2/h3,5-7,9,14,25H,1,4,8H2,2H3/t14-,19-,20+/m1/s1. The van der Waals surface area contributed by atoms with E-state index in [2.05, 4.69) is 6.58 Å². The molecule has 8 heteroatoms. The molecule has 0 bridgehead atoms. The number of aromatic hydroxyl groups is 1. The first-order valence-corrected chi connectivity index (χ1v) is 9.95. The fraction of sp³-hybridized carbons (Fsp3) is 0.300. The summed E-state index contributed by atoms with van der Waals surface area (Å²) >= 11 is 25.6. The third-order valence-electron chi connectivity index (χ3n) is 5.06. The van der Waals surface area contributed by atoms with Gasteiger partial charge in [0.25, 0.3) is 0 Å². The van der Waals surface area contributed by atoms with Crippen LogP contribution in [-0.2, 0) is 9.59 Å². The van der Waals surface area contributed by atoms with Gasteiger partial charge >= 0.3 is 0 Å². The maximum absolute atomic E-state index is 13.2. The number of fused-ring (bicyclic) bond motifs is 1. The quantitative estimate of drug-likeness (QED) is 0.627. The average Bonchev–Trinajstić information content (AvgIpc) is 2.68. The van der Waals surface area contributed by atoms with Crippen LogP contribution in [-0.4, -0.2) is 33.0 Å². The van der Waals surface area contributed by atoms with Gasteiger partial charge in [-0.1, -0.05) is 48.0 Å². The predicted octanol–water partition coefficient (Wildman–Crippen LogP) is 5.19. The molecule has 1 aromatic carbocycles. The van der Waals surface area contributed by atoms with Crippen LogP contribution in [0.5, 0.6) is 11.5 Å². The lowest BCUT2D eigenvalue weighted by Gasteiger charge is -2.50. The van der Waals surface area contributed by atoms with Crippen LogP contribution >= 0.6 is 46.4 Å². The van der Waals surface area contributed by atoms with Crippen LogP contribution in [0.4, 0.5) is 0 Å². The number of phenolic OH excluding ortho intramolecular Hbond substituents is 1. The second-order valence-corrected chi connectivity index (χ2v) is 8.50. The Balaban J connectivity index is 2.30. The SMILES string of the molecule is C=CC1=CC[C@@]2(Cl)C(=O)C(Cl)=C(Cl)C(=O)[C@@]2(Cl)[C@H]1c1ccc(O)c(OCC)c1. The van der Waals surface area contributed by atoms with Crippen molar-refractivity contribution in [3.63, 3.8) is 0 Å². The van der Waals surface area contributed by atoms with E-state index in [-0.39, 0.29) is 17.9 Å². The van der Waals surface area contributed by atoms with Crippen molar-refractivity contribution in [3.05, 3.63) is 58.1 Å². The van der Waals surface area contributed by atoms with Crippen LogP contribution in [0.1, 0.15) is 24.8 Å². The summed E-state index contributed by atoms with van der Waals surface area (Å²) in [4.78, 5) is 22.3. The normalized spacial score (nSPS) is 30.0. The van der Waals surface area contributed by atoms with Gasteiger partial charge in [0.15, 0.2) is 23.1 Å². The minimum absolute atomic E-state index is 0.0166. The third-order valence-corrected chi connectivity index (χ3v) is 7.31. The summed E-state index contributed by atoms with van der Waals surface area (Å²) in [5.41, 5.74) is 1.11. The minimum atomic E-state index is -1.93. The molecule has 0 heterocycles. The van der Waals surface area contributed by atoms with Crippen LogP contribution in [0.25, 0.3) is 0 Å². The van der Waals surface area contributed by atoms with Gasteiger partial charge in [0.05, 0.1) is 6.61 Å². The molecule has 3 rings (SSSR count). The first-order valence-electron chi connectivity index (χ1n) is 8.44. The lowest BCUT2D eigenvalue weighted by Crippen LogP contribution is -2.64. The van der Waals surface area contributed by atoms with E-state index in [0.717, 1.165) is 0 Å². The highest BCUT2D eigenvalue weighted by atomic mass is 35.5. The van der Waals surface area contributed by atoms with E-state index >= 15 is 0 Å². The van der Waals surface area contributed by atoms with Crippen molar-refractivity contribution in [2.24, 2.45) is 0 Å². The van der Waals surface area contributed by atoms with E-state index in [1.165, 1.54) is 6.07 Å². The molecule has 0 radical (unpaired) electrons. The van der Waals surface area contributed by atoms with Gasteiger partial charge in [0.2, 0.25) is 0 Å². The van der Waals surface area contributed by atoms with Crippen LogP contribution in [0.3, 0.4) is 0 Å². The number of halogens is 4. The lowest BCUT2D eigenvalue weighted by atomic mass is 9.62. The molecule has 0 saturated carbocycles. The first kappa shape index (κ1) is 21.3. The largest absolute Gasteiger partial charge is 0.504 e. The number of hydrogen-bond acceptors (Lipinski definition) is 4. The molecule has 1 aromatic rings. The van der Waals surface area contributed by atoms with Crippen molar-refractivity contribution in [3.8, 4) is 11.5 Å². The van der Waals surface area contributed by atoms with E-state index < -0.39 is 37.3 Å². The second kappa shape index (κ2) is 7.42. The minimum Gasteiger partial charge on any atom is -0.504 e. The zero-order valence-corrected chi connectivity index (χ0v) is 17.8.